The van der Waals surface area contributed by atoms with Gasteiger partial charge in [-0.05, 0) is 34.9 Å². The molecule has 0 aliphatic carbocycles. The van der Waals surface area contributed by atoms with Crippen molar-refractivity contribution in [3.05, 3.63) is 148 Å². The van der Waals surface area contributed by atoms with Crippen LogP contribution in [0.2, 0.25) is 0 Å². The first-order chi connectivity index (χ1) is 23.1. The topological polar surface area (TPSA) is 99.9 Å². The number of ether oxygens (including phenoxy) is 5. The summed E-state index contributed by atoms with van der Waals surface area (Å²) in [5.74, 6) is 1.22. The van der Waals surface area contributed by atoms with Gasteiger partial charge in [-0.1, -0.05) is 91.0 Å². The molecule has 1 N–H and O–H groups in total. The van der Waals surface area contributed by atoms with Gasteiger partial charge < -0.3 is 33.2 Å². The van der Waals surface area contributed by atoms with Crippen LogP contribution in [-0.4, -0.2) is 24.4 Å². The van der Waals surface area contributed by atoms with E-state index in [9.17, 15) is 9.90 Å². The summed E-state index contributed by atoms with van der Waals surface area (Å²) in [5.41, 5.74) is 3.00. The van der Waals surface area contributed by atoms with Crippen molar-refractivity contribution in [3.8, 4) is 40.1 Å². The Kier molecular flexibility index (Phi) is 8.75. The molecule has 0 bridgehead atoms. The number of epoxide rings is 1. The van der Waals surface area contributed by atoms with Gasteiger partial charge in [0.1, 0.15) is 55.0 Å². The highest BCUT2D eigenvalue weighted by molar-refractivity contribution is 5.88. The van der Waals surface area contributed by atoms with Crippen molar-refractivity contribution in [3.63, 3.8) is 0 Å². The Morgan fingerprint density at radius 2 is 1.26 bits per heavy atom. The second-order valence-corrected chi connectivity index (χ2v) is 11.2. The van der Waals surface area contributed by atoms with Crippen LogP contribution in [0.25, 0.3) is 22.3 Å². The number of hydrogen-bond donors (Lipinski definition) is 1. The van der Waals surface area contributed by atoms with Gasteiger partial charge in [0.15, 0.2) is 17.3 Å². The van der Waals surface area contributed by atoms with Crippen LogP contribution in [0.5, 0.6) is 28.7 Å². The minimum absolute atomic E-state index is 0.00552. The van der Waals surface area contributed by atoms with Crippen molar-refractivity contribution < 1.29 is 33.2 Å². The van der Waals surface area contributed by atoms with Crippen LogP contribution in [0.4, 0.5) is 0 Å². The Labute approximate surface area is 271 Å². The van der Waals surface area contributed by atoms with Crippen LogP contribution in [0.1, 0.15) is 16.7 Å². The molecular formula is C39H32O8. The third-order valence-corrected chi connectivity index (χ3v) is 7.65. The highest BCUT2D eigenvalue weighted by atomic mass is 16.6. The molecule has 0 spiro atoms. The molecule has 8 nitrogen and oxygen atoms in total. The van der Waals surface area contributed by atoms with E-state index in [1.54, 1.807) is 24.3 Å². The average Bonchev–Trinajstić information content (AvgIpc) is 3.94. The van der Waals surface area contributed by atoms with Gasteiger partial charge in [-0.15, -0.1) is 0 Å². The lowest BCUT2D eigenvalue weighted by Gasteiger charge is -2.16. The monoisotopic (exact) mass is 628 g/mol. The van der Waals surface area contributed by atoms with Crippen molar-refractivity contribution in [2.75, 3.05) is 13.2 Å². The van der Waals surface area contributed by atoms with E-state index in [1.807, 2.05) is 91.0 Å². The van der Waals surface area contributed by atoms with Crippen molar-refractivity contribution in [2.24, 2.45) is 0 Å². The molecule has 7 rings (SSSR count). The lowest BCUT2D eigenvalue weighted by Crippen LogP contribution is -2.11. The maximum Gasteiger partial charge on any atom is 0.239 e. The number of rotatable bonds is 13. The Morgan fingerprint density at radius 3 is 1.87 bits per heavy atom. The first kappa shape index (κ1) is 30.0. The van der Waals surface area contributed by atoms with E-state index in [0.717, 1.165) is 16.7 Å². The maximum atomic E-state index is 14.0. The first-order valence-corrected chi connectivity index (χ1v) is 15.3. The normalized spacial score (nSPS) is 13.7. The molecule has 5 aromatic carbocycles. The van der Waals surface area contributed by atoms with Gasteiger partial charge in [-0.3, -0.25) is 4.79 Å². The van der Waals surface area contributed by atoms with Gasteiger partial charge in [0.2, 0.25) is 11.2 Å². The fourth-order valence-corrected chi connectivity index (χ4v) is 5.10. The molecule has 236 valence electrons. The van der Waals surface area contributed by atoms with Crippen LogP contribution in [0.15, 0.2) is 131 Å². The molecule has 1 unspecified atom stereocenters. The van der Waals surface area contributed by atoms with Crippen molar-refractivity contribution in [2.45, 2.75) is 25.9 Å². The number of fused-ring (bicyclic) bond motifs is 1. The van der Waals surface area contributed by atoms with Crippen molar-refractivity contribution >= 4 is 11.0 Å². The van der Waals surface area contributed by atoms with Crippen LogP contribution in [0, 0.1) is 0 Å². The zero-order valence-electron chi connectivity index (χ0n) is 25.5. The van der Waals surface area contributed by atoms with Gasteiger partial charge in [0.25, 0.3) is 0 Å². The summed E-state index contributed by atoms with van der Waals surface area (Å²) in [6.07, 6.45) is 0.0151. The summed E-state index contributed by atoms with van der Waals surface area (Å²) < 4.78 is 36.2. The highest BCUT2D eigenvalue weighted by Gasteiger charge is 2.25. The number of phenols is 1. The van der Waals surface area contributed by atoms with E-state index in [-0.39, 0.29) is 47.5 Å². The highest BCUT2D eigenvalue weighted by Crippen LogP contribution is 2.40. The molecule has 47 heavy (non-hydrogen) atoms. The van der Waals surface area contributed by atoms with Crippen molar-refractivity contribution in [1.82, 2.24) is 0 Å². The molecule has 8 heteroatoms. The minimum atomic E-state index is -0.512. The molecule has 1 saturated heterocycles. The summed E-state index contributed by atoms with van der Waals surface area (Å²) in [6, 6.07) is 37.3. The van der Waals surface area contributed by atoms with Crippen LogP contribution >= 0.6 is 0 Å². The molecule has 6 aromatic rings. The van der Waals surface area contributed by atoms with Gasteiger partial charge in [0, 0.05) is 17.7 Å². The molecule has 2 heterocycles. The van der Waals surface area contributed by atoms with E-state index >= 15 is 0 Å². The van der Waals surface area contributed by atoms with Crippen LogP contribution in [-0.2, 0) is 24.6 Å². The minimum Gasteiger partial charge on any atom is -0.507 e. The molecule has 0 amide bonds. The summed E-state index contributed by atoms with van der Waals surface area (Å²) in [5, 5.41) is 11.0. The van der Waals surface area contributed by atoms with E-state index in [2.05, 4.69) is 0 Å². The zero-order chi connectivity index (χ0) is 32.0. The number of aromatic hydroxyl groups is 1. The second-order valence-electron chi connectivity index (χ2n) is 11.2. The Balaban J connectivity index is 1.28. The molecule has 1 atom stereocenters. The molecular weight excluding hydrogens is 596 g/mol. The average molecular weight is 629 g/mol. The van der Waals surface area contributed by atoms with E-state index < -0.39 is 5.43 Å². The Hall–Kier alpha value is -5.73. The number of phenolic OH excluding ortho intramolecular Hbond substituents is 1. The fourth-order valence-electron chi connectivity index (χ4n) is 5.10. The predicted molar refractivity (Wildman–Crippen MR) is 177 cm³/mol. The third-order valence-electron chi connectivity index (χ3n) is 7.65. The lowest BCUT2D eigenvalue weighted by molar-refractivity contribution is 0.238. The summed E-state index contributed by atoms with van der Waals surface area (Å²) in [6.45, 7) is 1.72. The second kappa shape index (κ2) is 13.7. The predicted octanol–water partition coefficient (Wildman–Crippen LogP) is 7.68. The standard InChI is InChI=1S/C39H32O8/c40-32-19-30(42-21-26-10-4-1-5-11-26)20-35-36(32)37(41)39(46-23-28-14-8-3-9-15-28)38(47-35)29-16-17-33(34(18-29)45-25-31-24-43-31)44-22-27-12-6-2-7-13-27/h1-20,31,40H,21-25H2. The van der Waals surface area contributed by atoms with Crippen LogP contribution in [0.3, 0.4) is 0 Å². The van der Waals surface area contributed by atoms with Crippen molar-refractivity contribution in [1.29, 1.82) is 0 Å². The fraction of sp³-hybridized carbons (Fsp3) is 0.154. The summed E-state index contributed by atoms with van der Waals surface area (Å²) >= 11 is 0. The smallest absolute Gasteiger partial charge is 0.239 e. The van der Waals surface area contributed by atoms with Crippen LogP contribution < -0.4 is 24.4 Å². The SMILES string of the molecule is O=c1c(OCc2ccccc2)c(-c2ccc(OCc3ccccc3)c(OCC3CO3)c2)oc2cc(OCc3ccccc3)cc(O)c12. The Bertz CT molecular complexity index is 2020. The summed E-state index contributed by atoms with van der Waals surface area (Å²) in [7, 11) is 0. The van der Waals surface area contributed by atoms with Gasteiger partial charge in [0.05, 0.1) is 6.61 Å². The summed E-state index contributed by atoms with van der Waals surface area (Å²) in [4.78, 5) is 14.0. The quantitative estimate of drug-likeness (QED) is 0.130. The lowest BCUT2D eigenvalue weighted by atomic mass is 10.1. The first-order valence-electron chi connectivity index (χ1n) is 15.3. The molecule has 0 saturated carbocycles. The van der Waals surface area contributed by atoms with E-state index in [0.29, 0.717) is 42.6 Å². The van der Waals surface area contributed by atoms with E-state index in [1.165, 1.54) is 6.07 Å². The third kappa shape index (κ3) is 7.24. The van der Waals surface area contributed by atoms with E-state index in [4.69, 9.17) is 28.1 Å². The molecule has 1 aliphatic rings. The molecule has 1 fully saturated rings. The molecule has 0 radical (unpaired) electrons. The molecule has 1 aliphatic heterocycles. The molecule has 1 aromatic heterocycles. The Morgan fingerprint density at radius 1 is 0.660 bits per heavy atom. The number of benzene rings is 5. The van der Waals surface area contributed by atoms with Gasteiger partial charge >= 0.3 is 0 Å². The van der Waals surface area contributed by atoms with Gasteiger partial charge in [-0.2, -0.15) is 0 Å². The largest absolute Gasteiger partial charge is 0.507 e. The van der Waals surface area contributed by atoms with Gasteiger partial charge in [-0.25, -0.2) is 0 Å². The maximum absolute atomic E-state index is 14.0. The zero-order valence-corrected chi connectivity index (χ0v) is 25.5. The number of hydrogen-bond acceptors (Lipinski definition) is 8.